The summed E-state index contributed by atoms with van der Waals surface area (Å²) >= 11 is 0. The molecule has 0 spiro atoms. The van der Waals surface area contributed by atoms with E-state index >= 15 is 0 Å². The smallest absolute Gasteiger partial charge is 0.160 e. The number of aromatic hydroxyl groups is 2. The zero-order valence-electron chi connectivity index (χ0n) is 14.6. The summed E-state index contributed by atoms with van der Waals surface area (Å²) < 4.78 is 16.2. The third-order valence-electron chi connectivity index (χ3n) is 4.07. The van der Waals surface area contributed by atoms with Crippen molar-refractivity contribution < 1.29 is 29.5 Å². The Morgan fingerprint density at radius 1 is 0.880 bits per heavy atom. The van der Waals surface area contributed by atoms with Gasteiger partial charge in [-0.05, 0) is 42.3 Å². The Hall–Kier alpha value is -2.44. The highest BCUT2D eigenvalue weighted by molar-refractivity contribution is 5.46. The number of phenolic OH excluding ortho intramolecular Hbond substituents is 2. The van der Waals surface area contributed by atoms with Gasteiger partial charge in [-0.3, -0.25) is 0 Å². The Kier molecular flexibility index (Phi) is 6.50. The molecule has 25 heavy (non-hydrogen) atoms. The van der Waals surface area contributed by atoms with Gasteiger partial charge in [0, 0.05) is 12.5 Å². The fourth-order valence-electron chi connectivity index (χ4n) is 2.80. The lowest BCUT2D eigenvalue weighted by Crippen LogP contribution is -2.18. The first-order chi connectivity index (χ1) is 12.0. The summed E-state index contributed by atoms with van der Waals surface area (Å²) in [6.45, 7) is 2.15. The minimum Gasteiger partial charge on any atom is -0.504 e. The van der Waals surface area contributed by atoms with Gasteiger partial charge in [0.15, 0.2) is 23.0 Å². The van der Waals surface area contributed by atoms with Crippen molar-refractivity contribution in [2.45, 2.75) is 18.9 Å². The third kappa shape index (κ3) is 4.15. The Bertz CT molecular complexity index is 700. The number of aliphatic hydroxyl groups excluding tert-OH is 1. The lowest BCUT2D eigenvalue weighted by atomic mass is 9.89. The highest BCUT2D eigenvalue weighted by Crippen LogP contribution is 2.39. The number of benzene rings is 2. The molecule has 0 aromatic heterocycles. The quantitative estimate of drug-likeness (QED) is 0.680. The summed E-state index contributed by atoms with van der Waals surface area (Å²) in [7, 11) is 2.94. The molecule has 0 bridgehead atoms. The van der Waals surface area contributed by atoms with Crippen LogP contribution in [0.3, 0.4) is 0 Å². The van der Waals surface area contributed by atoms with E-state index in [1.165, 1.54) is 26.4 Å². The van der Waals surface area contributed by atoms with E-state index < -0.39 is 6.10 Å². The first-order valence-electron chi connectivity index (χ1n) is 8.01. The fraction of sp³-hybridized carbons (Fsp3) is 0.368. The lowest BCUT2D eigenvalue weighted by molar-refractivity contribution is 0.0252. The van der Waals surface area contributed by atoms with Crippen molar-refractivity contribution in [1.82, 2.24) is 0 Å². The highest BCUT2D eigenvalue weighted by Gasteiger charge is 2.26. The van der Waals surface area contributed by atoms with Gasteiger partial charge < -0.3 is 29.5 Å². The number of phenols is 2. The van der Waals surface area contributed by atoms with E-state index in [4.69, 9.17) is 14.2 Å². The molecule has 0 aliphatic carbocycles. The van der Waals surface area contributed by atoms with Crippen LogP contribution in [0, 0.1) is 0 Å². The molecule has 2 aromatic carbocycles. The number of methoxy groups -OCH3 is 2. The van der Waals surface area contributed by atoms with Crippen LogP contribution in [0.25, 0.3) is 0 Å². The summed E-state index contributed by atoms with van der Waals surface area (Å²) in [4.78, 5) is 0. The van der Waals surface area contributed by atoms with E-state index in [1.807, 2.05) is 6.92 Å². The van der Waals surface area contributed by atoms with E-state index in [-0.39, 0.29) is 24.0 Å². The SMILES string of the molecule is CCOC(c1ccc(O)c(OC)c1)C(CO)c1ccc(O)c(OC)c1. The van der Waals surface area contributed by atoms with Crippen molar-refractivity contribution in [3.05, 3.63) is 47.5 Å². The molecule has 136 valence electrons. The molecule has 2 atom stereocenters. The number of ether oxygens (including phenoxy) is 3. The summed E-state index contributed by atoms with van der Waals surface area (Å²) in [5.41, 5.74) is 1.53. The average Bonchev–Trinajstić information content (AvgIpc) is 2.63. The minimum absolute atomic E-state index is 0.0298. The Balaban J connectivity index is 2.46. The molecule has 0 amide bonds. The Labute approximate surface area is 147 Å². The average molecular weight is 348 g/mol. The second-order valence-electron chi connectivity index (χ2n) is 5.53. The summed E-state index contributed by atoms with van der Waals surface area (Å²) in [5, 5.41) is 29.6. The maximum atomic E-state index is 9.99. The second-order valence-corrected chi connectivity index (χ2v) is 5.53. The van der Waals surface area contributed by atoms with Crippen molar-refractivity contribution >= 4 is 0 Å². The van der Waals surface area contributed by atoms with Gasteiger partial charge in [0.25, 0.3) is 0 Å². The number of rotatable bonds is 8. The van der Waals surface area contributed by atoms with Crippen molar-refractivity contribution in [2.75, 3.05) is 27.4 Å². The zero-order valence-corrected chi connectivity index (χ0v) is 14.6. The normalized spacial score (nSPS) is 13.3. The van der Waals surface area contributed by atoms with E-state index in [1.54, 1.807) is 24.3 Å². The topological polar surface area (TPSA) is 88.4 Å². The summed E-state index contributed by atoms with van der Waals surface area (Å²) in [6.07, 6.45) is -0.459. The number of hydrogen-bond acceptors (Lipinski definition) is 6. The van der Waals surface area contributed by atoms with E-state index in [9.17, 15) is 15.3 Å². The molecule has 2 aromatic rings. The molecule has 0 heterocycles. The molecule has 0 saturated heterocycles. The molecule has 3 N–H and O–H groups in total. The van der Waals surface area contributed by atoms with Crippen LogP contribution < -0.4 is 9.47 Å². The van der Waals surface area contributed by atoms with Gasteiger partial charge in [0.1, 0.15) is 0 Å². The summed E-state index contributed by atoms with van der Waals surface area (Å²) in [6, 6.07) is 9.89. The molecule has 6 heteroatoms. The predicted molar refractivity (Wildman–Crippen MR) is 93.5 cm³/mol. The predicted octanol–water partition coefficient (Wildman–Crippen LogP) is 2.97. The molecule has 0 aliphatic rings. The molecule has 0 aliphatic heterocycles. The lowest BCUT2D eigenvalue weighted by Gasteiger charge is -2.27. The van der Waals surface area contributed by atoms with Crippen LogP contribution in [0.4, 0.5) is 0 Å². The Morgan fingerprint density at radius 2 is 1.40 bits per heavy atom. The van der Waals surface area contributed by atoms with Crippen LogP contribution in [0.5, 0.6) is 23.0 Å². The van der Waals surface area contributed by atoms with Gasteiger partial charge in [0.2, 0.25) is 0 Å². The van der Waals surface area contributed by atoms with Crippen LogP contribution in [0.15, 0.2) is 36.4 Å². The third-order valence-corrected chi connectivity index (χ3v) is 4.07. The van der Waals surface area contributed by atoms with Crippen molar-refractivity contribution in [1.29, 1.82) is 0 Å². The van der Waals surface area contributed by atoms with Gasteiger partial charge in [-0.25, -0.2) is 0 Å². The monoisotopic (exact) mass is 348 g/mol. The fourth-order valence-corrected chi connectivity index (χ4v) is 2.80. The van der Waals surface area contributed by atoms with Crippen LogP contribution in [-0.4, -0.2) is 42.8 Å². The van der Waals surface area contributed by atoms with Gasteiger partial charge in [-0.15, -0.1) is 0 Å². The first-order valence-corrected chi connectivity index (χ1v) is 8.01. The molecule has 2 rings (SSSR count). The molecule has 0 radical (unpaired) electrons. The first kappa shape index (κ1) is 18.9. The highest BCUT2D eigenvalue weighted by atomic mass is 16.5. The standard InChI is InChI=1S/C19H24O6/c1-4-25-19(13-6-8-16(22)18(10-13)24-3)14(11-20)12-5-7-15(21)17(9-12)23-2/h5-10,14,19-22H,4,11H2,1-3H3. The molecular formula is C19H24O6. The van der Waals surface area contributed by atoms with Gasteiger partial charge in [-0.1, -0.05) is 12.1 Å². The van der Waals surface area contributed by atoms with Crippen LogP contribution >= 0.6 is 0 Å². The van der Waals surface area contributed by atoms with Crippen LogP contribution in [0.1, 0.15) is 30.1 Å². The minimum atomic E-state index is -0.459. The van der Waals surface area contributed by atoms with Crippen LogP contribution in [0.2, 0.25) is 0 Å². The molecule has 2 unspecified atom stereocenters. The van der Waals surface area contributed by atoms with Gasteiger partial charge >= 0.3 is 0 Å². The maximum absolute atomic E-state index is 9.99. The van der Waals surface area contributed by atoms with Gasteiger partial charge in [0.05, 0.1) is 26.9 Å². The summed E-state index contributed by atoms with van der Waals surface area (Å²) in [5.74, 6) is 0.343. The molecule has 6 nitrogen and oxygen atoms in total. The molecular weight excluding hydrogens is 324 g/mol. The molecule has 0 saturated carbocycles. The van der Waals surface area contributed by atoms with Gasteiger partial charge in [-0.2, -0.15) is 0 Å². The number of hydrogen-bond donors (Lipinski definition) is 3. The molecule has 0 fully saturated rings. The number of aliphatic hydroxyl groups is 1. The van der Waals surface area contributed by atoms with E-state index in [2.05, 4.69) is 0 Å². The second kappa shape index (κ2) is 8.60. The van der Waals surface area contributed by atoms with Crippen molar-refractivity contribution in [2.24, 2.45) is 0 Å². The Morgan fingerprint density at radius 3 is 1.88 bits per heavy atom. The van der Waals surface area contributed by atoms with Crippen molar-refractivity contribution in [3.63, 3.8) is 0 Å². The van der Waals surface area contributed by atoms with Crippen LogP contribution in [-0.2, 0) is 4.74 Å². The maximum Gasteiger partial charge on any atom is 0.160 e. The van der Waals surface area contributed by atoms with E-state index in [0.717, 1.165) is 11.1 Å². The largest absolute Gasteiger partial charge is 0.504 e. The van der Waals surface area contributed by atoms with Crippen molar-refractivity contribution in [3.8, 4) is 23.0 Å². The van der Waals surface area contributed by atoms with E-state index in [0.29, 0.717) is 18.1 Å². The zero-order chi connectivity index (χ0) is 18.4.